The van der Waals surface area contributed by atoms with Crippen molar-refractivity contribution in [3.8, 4) is 0 Å². The normalized spacial score (nSPS) is 23.7. The minimum Gasteiger partial charge on any atom is -0.393 e. The van der Waals surface area contributed by atoms with Crippen molar-refractivity contribution in [3.63, 3.8) is 0 Å². The molecule has 0 spiro atoms. The van der Waals surface area contributed by atoms with E-state index in [1.54, 1.807) is 0 Å². The van der Waals surface area contributed by atoms with Crippen molar-refractivity contribution in [3.05, 3.63) is 0 Å². The molecule has 2 nitrogen and oxygen atoms in total. The quantitative estimate of drug-likeness (QED) is 0.657. The van der Waals surface area contributed by atoms with E-state index in [4.69, 9.17) is 5.11 Å². The molecule has 0 saturated carbocycles. The van der Waals surface area contributed by atoms with Gasteiger partial charge in [0.15, 0.2) is 0 Å². The second-order valence-electron chi connectivity index (χ2n) is 3.51. The molecule has 1 unspecified atom stereocenters. The summed E-state index contributed by atoms with van der Waals surface area (Å²) >= 11 is 0. The Labute approximate surface area is 67.0 Å². The number of hydrogen-bond donors (Lipinski definition) is 1. The Bertz CT molecular complexity index is 123. The van der Waals surface area contributed by atoms with Crippen LogP contribution < -0.4 is 0 Å². The molecular weight excluding hydrogens is 145 g/mol. The summed E-state index contributed by atoms with van der Waals surface area (Å²) in [5.41, 5.74) is 0. The van der Waals surface area contributed by atoms with Gasteiger partial charge in [-0.1, -0.05) is 0 Å². The summed E-state index contributed by atoms with van der Waals surface area (Å²) in [5, 5.41) is 8.50. The Morgan fingerprint density at radius 1 is 1.55 bits per heavy atom. The lowest BCUT2D eigenvalue weighted by Crippen LogP contribution is -2.54. The third kappa shape index (κ3) is 1.91. The van der Waals surface area contributed by atoms with E-state index in [1.807, 2.05) is 0 Å². The summed E-state index contributed by atoms with van der Waals surface area (Å²) in [4.78, 5) is 2.20. The van der Waals surface area contributed by atoms with Crippen molar-refractivity contribution in [2.45, 2.75) is 26.1 Å². The first-order valence-electron chi connectivity index (χ1n) is 4.14. The third-order valence-electron chi connectivity index (χ3n) is 2.35. The SMILES string of the molecule is CC(C)N1CC(C(F)CO)C1. The number of aliphatic hydroxyl groups excluding tert-OH is 1. The van der Waals surface area contributed by atoms with Gasteiger partial charge in [-0.2, -0.15) is 0 Å². The zero-order valence-corrected chi connectivity index (χ0v) is 7.13. The van der Waals surface area contributed by atoms with E-state index in [-0.39, 0.29) is 12.5 Å². The van der Waals surface area contributed by atoms with Crippen LogP contribution in [0.15, 0.2) is 0 Å². The van der Waals surface area contributed by atoms with Gasteiger partial charge in [-0.25, -0.2) is 4.39 Å². The maximum atomic E-state index is 12.7. The molecule has 1 rings (SSSR count). The van der Waals surface area contributed by atoms with E-state index in [0.717, 1.165) is 13.1 Å². The molecule has 0 aromatic rings. The van der Waals surface area contributed by atoms with Crippen molar-refractivity contribution in [1.82, 2.24) is 4.90 Å². The van der Waals surface area contributed by atoms with Gasteiger partial charge < -0.3 is 10.0 Å². The molecule has 1 aliphatic rings. The van der Waals surface area contributed by atoms with Gasteiger partial charge in [0, 0.05) is 25.0 Å². The van der Waals surface area contributed by atoms with Crippen molar-refractivity contribution >= 4 is 0 Å². The largest absolute Gasteiger partial charge is 0.393 e. The summed E-state index contributed by atoms with van der Waals surface area (Å²) in [6.07, 6.45) is -1.01. The molecule has 1 fully saturated rings. The smallest absolute Gasteiger partial charge is 0.128 e. The number of nitrogens with zero attached hydrogens (tertiary/aromatic N) is 1. The standard InChI is InChI=1S/C8H16FNO/c1-6(2)10-3-7(4-10)8(9)5-11/h6-8,11H,3-5H2,1-2H3. The van der Waals surface area contributed by atoms with Crippen molar-refractivity contribution < 1.29 is 9.50 Å². The van der Waals surface area contributed by atoms with E-state index in [9.17, 15) is 4.39 Å². The lowest BCUT2D eigenvalue weighted by atomic mass is 9.94. The lowest BCUT2D eigenvalue weighted by molar-refractivity contribution is -0.00338. The molecule has 0 amide bonds. The molecule has 1 heterocycles. The van der Waals surface area contributed by atoms with E-state index in [2.05, 4.69) is 18.7 Å². The van der Waals surface area contributed by atoms with Crippen LogP contribution >= 0.6 is 0 Å². The molecule has 1 saturated heterocycles. The number of halogens is 1. The number of aliphatic hydroxyl groups is 1. The minimum atomic E-state index is -1.01. The van der Waals surface area contributed by atoms with Crippen molar-refractivity contribution in [2.24, 2.45) is 5.92 Å². The monoisotopic (exact) mass is 161 g/mol. The Morgan fingerprint density at radius 3 is 2.45 bits per heavy atom. The van der Waals surface area contributed by atoms with Crippen LogP contribution in [-0.4, -0.2) is 41.9 Å². The second kappa shape index (κ2) is 3.50. The molecule has 0 bridgehead atoms. The van der Waals surface area contributed by atoms with E-state index >= 15 is 0 Å². The molecule has 3 heteroatoms. The first kappa shape index (κ1) is 8.94. The highest BCUT2D eigenvalue weighted by Crippen LogP contribution is 2.22. The summed E-state index contributed by atoms with van der Waals surface area (Å²) in [6, 6.07) is 0.511. The van der Waals surface area contributed by atoms with Gasteiger partial charge in [0.1, 0.15) is 6.17 Å². The van der Waals surface area contributed by atoms with Crippen LogP contribution in [0, 0.1) is 5.92 Å². The second-order valence-corrected chi connectivity index (χ2v) is 3.51. The Balaban J connectivity index is 2.18. The Kier molecular flexibility index (Phi) is 2.84. The number of hydrogen-bond acceptors (Lipinski definition) is 2. The zero-order valence-electron chi connectivity index (χ0n) is 7.13. The molecule has 0 aliphatic carbocycles. The van der Waals surface area contributed by atoms with E-state index in [1.165, 1.54) is 0 Å². The topological polar surface area (TPSA) is 23.5 Å². The van der Waals surface area contributed by atoms with Gasteiger partial charge in [-0.15, -0.1) is 0 Å². The number of alkyl halides is 1. The van der Waals surface area contributed by atoms with Gasteiger partial charge >= 0.3 is 0 Å². The molecule has 1 aliphatic heterocycles. The van der Waals surface area contributed by atoms with Crippen LogP contribution in [0.5, 0.6) is 0 Å². The van der Waals surface area contributed by atoms with Gasteiger partial charge in [0.2, 0.25) is 0 Å². The zero-order chi connectivity index (χ0) is 8.43. The van der Waals surface area contributed by atoms with Crippen LogP contribution in [-0.2, 0) is 0 Å². The predicted octanol–water partition coefficient (Wildman–Crippen LogP) is 0.657. The average Bonchev–Trinajstić information content (AvgIpc) is 1.83. The fourth-order valence-corrected chi connectivity index (χ4v) is 1.35. The van der Waals surface area contributed by atoms with Crippen LogP contribution in [0.4, 0.5) is 4.39 Å². The molecule has 0 aromatic carbocycles. The first-order valence-corrected chi connectivity index (χ1v) is 4.14. The maximum Gasteiger partial charge on any atom is 0.128 e. The van der Waals surface area contributed by atoms with Crippen LogP contribution in [0.3, 0.4) is 0 Å². The summed E-state index contributed by atoms with van der Waals surface area (Å²) in [5.74, 6) is 0.0717. The van der Waals surface area contributed by atoms with Crippen LogP contribution in [0.2, 0.25) is 0 Å². The Morgan fingerprint density at radius 2 is 2.09 bits per heavy atom. The predicted molar refractivity (Wildman–Crippen MR) is 42.2 cm³/mol. The molecule has 66 valence electrons. The molecule has 11 heavy (non-hydrogen) atoms. The first-order chi connectivity index (χ1) is 5.15. The third-order valence-corrected chi connectivity index (χ3v) is 2.35. The van der Waals surface area contributed by atoms with Crippen molar-refractivity contribution in [2.75, 3.05) is 19.7 Å². The highest BCUT2D eigenvalue weighted by molar-refractivity contribution is 4.86. The van der Waals surface area contributed by atoms with Crippen molar-refractivity contribution in [1.29, 1.82) is 0 Å². The van der Waals surface area contributed by atoms with Gasteiger partial charge in [-0.3, -0.25) is 0 Å². The highest BCUT2D eigenvalue weighted by atomic mass is 19.1. The van der Waals surface area contributed by atoms with Crippen LogP contribution in [0.25, 0.3) is 0 Å². The average molecular weight is 161 g/mol. The molecule has 0 radical (unpaired) electrons. The molecular formula is C8H16FNO. The Hall–Kier alpha value is -0.150. The molecule has 0 aromatic heterocycles. The number of rotatable bonds is 3. The summed E-state index contributed by atoms with van der Waals surface area (Å²) in [7, 11) is 0. The minimum absolute atomic E-state index is 0.0717. The van der Waals surface area contributed by atoms with E-state index < -0.39 is 6.17 Å². The fraction of sp³-hybridized carbons (Fsp3) is 1.00. The van der Waals surface area contributed by atoms with Gasteiger partial charge in [0.05, 0.1) is 6.61 Å². The van der Waals surface area contributed by atoms with Crippen LogP contribution in [0.1, 0.15) is 13.8 Å². The van der Waals surface area contributed by atoms with E-state index in [0.29, 0.717) is 6.04 Å². The maximum absolute atomic E-state index is 12.7. The fourth-order valence-electron chi connectivity index (χ4n) is 1.35. The molecule has 1 atom stereocenters. The molecule has 1 N–H and O–H groups in total. The number of likely N-dealkylation sites (tertiary alicyclic amines) is 1. The summed E-state index contributed by atoms with van der Waals surface area (Å²) in [6.45, 7) is 5.49. The highest BCUT2D eigenvalue weighted by Gasteiger charge is 2.34. The van der Waals surface area contributed by atoms with Gasteiger partial charge in [0.25, 0.3) is 0 Å². The summed E-state index contributed by atoms with van der Waals surface area (Å²) < 4.78 is 12.7. The lowest BCUT2D eigenvalue weighted by Gasteiger charge is -2.43. The van der Waals surface area contributed by atoms with Gasteiger partial charge in [-0.05, 0) is 13.8 Å².